The van der Waals surface area contributed by atoms with Gasteiger partial charge in [-0.1, -0.05) is 13.8 Å². The molecule has 122 valence electrons. The molecule has 5 heteroatoms. The normalized spacial score (nSPS) is 19.2. The van der Waals surface area contributed by atoms with E-state index in [2.05, 4.69) is 19.2 Å². The molecule has 1 N–H and O–H groups in total. The summed E-state index contributed by atoms with van der Waals surface area (Å²) in [6.07, 6.45) is 3.32. The SMILES string of the molecule is Cc1cc2c(o1)CC(C)(C)CC2NC(=O)c1ccn(C)c(=O)c1. The van der Waals surface area contributed by atoms with Crippen molar-refractivity contribution in [3.8, 4) is 0 Å². The zero-order valence-corrected chi connectivity index (χ0v) is 14.0. The average Bonchev–Trinajstić information content (AvgIpc) is 2.80. The first-order valence-corrected chi connectivity index (χ1v) is 7.82. The second-order valence-electron chi connectivity index (χ2n) is 7.17. The Balaban J connectivity index is 1.88. The molecular weight excluding hydrogens is 292 g/mol. The third kappa shape index (κ3) is 3.09. The highest BCUT2D eigenvalue weighted by molar-refractivity contribution is 5.94. The van der Waals surface area contributed by atoms with Crippen LogP contribution in [0.25, 0.3) is 0 Å². The molecule has 0 radical (unpaired) electrons. The van der Waals surface area contributed by atoms with E-state index in [1.165, 1.54) is 10.6 Å². The Morgan fingerprint density at radius 1 is 1.39 bits per heavy atom. The van der Waals surface area contributed by atoms with Gasteiger partial charge in [0, 0.05) is 36.9 Å². The Hall–Kier alpha value is -2.30. The second kappa shape index (κ2) is 5.41. The number of hydrogen-bond donors (Lipinski definition) is 1. The van der Waals surface area contributed by atoms with Gasteiger partial charge in [0.15, 0.2) is 0 Å². The molecule has 0 bridgehead atoms. The molecule has 2 aromatic rings. The summed E-state index contributed by atoms with van der Waals surface area (Å²) in [5, 5.41) is 3.06. The van der Waals surface area contributed by atoms with Crippen LogP contribution in [0.15, 0.2) is 33.6 Å². The summed E-state index contributed by atoms with van der Waals surface area (Å²) in [6, 6.07) is 4.93. The predicted octanol–water partition coefficient (Wildman–Crippen LogP) is 2.73. The highest BCUT2D eigenvalue weighted by Gasteiger charge is 2.35. The minimum absolute atomic E-state index is 0.0576. The van der Waals surface area contributed by atoms with Gasteiger partial charge >= 0.3 is 0 Å². The number of nitrogens with one attached hydrogen (secondary N) is 1. The van der Waals surface area contributed by atoms with E-state index in [9.17, 15) is 9.59 Å². The van der Waals surface area contributed by atoms with E-state index in [1.807, 2.05) is 13.0 Å². The molecule has 0 spiro atoms. The number of carbonyl (C=O) groups is 1. The molecule has 0 saturated carbocycles. The largest absolute Gasteiger partial charge is 0.466 e. The van der Waals surface area contributed by atoms with Gasteiger partial charge in [-0.2, -0.15) is 0 Å². The van der Waals surface area contributed by atoms with E-state index in [1.54, 1.807) is 19.3 Å². The van der Waals surface area contributed by atoms with E-state index in [0.29, 0.717) is 5.56 Å². The number of furan rings is 1. The van der Waals surface area contributed by atoms with Gasteiger partial charge in [-0.25, -0.2) is 0 Å². The van der Waals surface area contributed by atoms with Crippen LogP contribution in [-0.4, -0.2) is 10.5 Å². The molecule has 2 aromatic heterocycles. The summed E-state index contributed by atoms with van der Waals surface area (Å²) in [6.45, 7) is 6.27. The molecule has 1 unspecified atom stereocenters. The van der Waals surface area contributed by atoms with Crippen LogP contribution in [0, 0.1) is 12.3 Å². The van der Waals surface area contributed by atoms with Crippen molar-refractivity contribution >= 4 is 5.91 Å². The fourth-order valence-electron chi connectivity index (χ4n) is 3.24. The molecule has 23 heavy (non-hydrogen) atoms. The lowest BCUT2D eigenvalue weighted by Crippen LogP contribution is -2.36. The molecule has 0 aromatic carbocycles. The highest BCUT2D eigenvalue weighted by Crippen LogP contribution is 2.42. The number of aryl methyl sites for hydroxylation is 2. The van der Waals surface area contributed by atoms with Crippen molar-refractivity contribution in [3.63, 3.8) is 0 Å². The lowest BCUT2D eigenvalue weighted by Gasteiger charge is -2.34. The van der Waals surface area contributed by atoms with E-state index in [0.717, 1.165) is 29.9 Å². The Kier molecular flexibility index (Phi) is 3.66. The molecule has 1 amide bonds. The van der Waals surface area contributed by atoms with Crippen molar-refractivity contribution in [2.24, 2.45) is 12.5 Å². The molecule has 0 aliphatic heterocycles. The Morgan fingerprint density at radius 2 is 2.13 bits per heavy atom. The van der Waals surface area contributed by atoms with Crippen molar-refractivity contribution < 1.29 is 9.21 Å². The number of pyridine rings is 1. The predicted molar refractivity (Wildman–Crippen MR) is 87.4 cm³/mol. The average molecular weight is 314 g/mol. The van der Waals surface area contributed by atoms with Gasteiger partial charge in [-0.15, -0.1) is 0 Å². The van der Waals surface area contributed by atoms with Crippen molar-refractivity contribution in [1.82, 2.24) is 9.88 Å². The maximum Gasteiger partial charge on any atom is 0.252 e. The number of rotatable bonds is 2. The number of nitrogens with zero attached hydrogens (tertiary/aromatic N) is 1. The summed E-state index contributed by atoms with van der Waals surface area (Å²) in [5.74, 6) is 1.59. The third-order valence-corrected chi connectivity index (χ3v) is 4.41. The lowest BCUT2D eigenvalue weighted by atomic mass is 9.74. The second-order valence-corrected chi connectivity index (χ2v) is 7.17. The van der Waals surface area contributed by atoms with Crippen molar-refractivity contribution in [2.75, 3.05) is 0 Å². The first kappa shape index (κ1) is 15.6. The zero-order chi connectivity index (χ0) is 16.8. The van der Waals surface area contributed by atoms with Crippen LogP contribution in [-0.2, 0) is 13.5 Å². The van der Waals surface area contributed by atoms with Gasteiger partial charge in [-0.3, -0.25) is 9.59 Å². The van der Waals surface area contributed by atoms with E-state index in [-0.39, 0.29) is 22.9 Å². The summed E-state index contributed by atoms with van der Waals surface area (Å²) in [5.41, 5.74) is 1.31. The number of amides is 1. The zero-order valence-electron chi connectivity index (χ0n) is 14.0. The van der Waals surface area contributed by atoms with Gasteiger partial charge in [0.1, 0.15) is 11.5 Å². The van der Waals surface area contributed by atoms with Crippen LogP contribution in [0.5, 0.6) is 0 Å². The molecule has 5 nitrogen and oxygen atoms in total. The van der Waals surface area contributed by atoms with Gasteiger partial charge < -0.3 is 14.3 Å². The van der Waals surface area contributed by atoms with Crippen LogP contribution < -0.4 is 10.9 Å². The van der Waals surface area contributed by atoms with Gasteiger partial charge in [0.2, 0.25) is 0 Å². The molecule has 0 saturated heterocycles. The molecule has 1 atom stereocenters. The lowest BCUT2D eigenvalue weighted by molar-refractivity contribution is 0.0917. The number of hydrogen-bond acceptors (Lipinski definition) is 3. The van der Waals surface area contributed by atoms with Crippen LogP contribution in [0.3, 0.4) is 0 Å². The molecule has 1 aliphatic rings. The number of carbonyl (C=O) groups excluding carboxylic acids is 1. The first-order chi connectivity index (χ1) is 10.7. The van der Waals surface area contributed by atoms with Crippen molar-refractivity contribution in [3.05, 3.63) is 57.4 Å². The minimum atomic E-state index is -0.227. The quantitative estimate of drug-likeness (QED) is 0.927. The fourth-order valence-corrected chi connectivity index (χ4v) is 3.24. The van der Waals surface area contributed by atoms with Crippen molar-refractivity contribution in [2.45, 2.75) is 39.7 Å². The Morgan fingerprint density at radius 3 is 2.83 bits per heavy atom. The van der Waals surface area contributed by atoms with Gasteiger partial charge in [-0.05, 0) is 30.9 Å². The van der Waals surface area contributed by atoms with Gasteiger partial charge in [0.25, 0.3) is 11.5 Å². The summed E-state index contributed by atoms with van der Waals surface area (Å²) in [7, 11) is 1.66. The number of aromatic nitrogens is 1. The summed E-state index contributed by atoms with van der Waals surface area (Å²) >= 11 is 0. The van der Waals surface area contributed by atoms with Gasteiger partial charge in [0.05, 0.1) is 6.04 Å². The maximum absolute atomic E-state index is 12.5. The Bertz CT molecular complexity index is 814. The van der Waals surface area contributed by atoms with E-state index >= 15 is 0 Å². The van der Waals surface area contributed by atoms with Crippen LogP contribution in [0.2, 0.25) is 0 Å². The van der Waals surface area contributed by atoms with E-state index < -0.39 is 0 Å². The highest BCUT2D eigenvalue weighted by atomic mass is 16.3. The molecular formula is C18H22N2O3. The molecule has 2 heterocycles. The van der Waals surface area contributed by atoms with E-state index in [4.69, 9.17) is 4.42 Å². The smallest absolute Gasteiger partial charge is 0.252 e. The van der Waals surface area contributed by atoms with Crippen molar-refractivity contribution in [1.29, 1.82) is 0 Å². The van der Waals surface area contributed by atoms with Crippen LogP contribution in [0.1, 0.15) is 53.8 Å². The minimum Gasteiger partial charge on any atom is -0.466 e. The van der Waals surface area contributed by atoms with Crippen LogP contribution in [0.4, 0.5) is 0 Å². The third-order valence-electron chi connectivity index (χ3n) is 4.41. The molecule has 3 rings (SSSR count). The summed E-state index contributed by atoms with van der Waals surface area (Å²) in [4.78, 5) is 24.2. The molecule has 0 fully saturated rings. The maximum atomic E-state index is 12.5. The Labute approximate surface area is 135 Å². The number of fused-ring (bicyclic) bond motifs is 1. The standard InChI is InChI=1S/C18H22N2O3/c1-11-7-13-14(9-18(2,3)10-15(13)23-11)19-17(22)12-5-6-20(4)16(21)8-12/h5-8,14H,9-10H2,1-4H3,(H,19,22). The topological polar surface area (TPSA) is 64.2 Å². The summed E-state index contributed by atoms with van der Waals surface area (Å²) < 4.78 is 7.23. The monoisotopic (exact) mass is 314 g/mol. The first-order valence-electron chi connectivity index (χ1n) is 7.82. The fraction of sp³-hybridized carbons (Fsp3) is 0.444. The van der Waals surface area contributed by atoms with Crippen LogP contribution >= 0.6 is 0 Å². The molecule has 1 aliphatic carbocycles.